The van der Waals surface area contributed by atoms with Crippen molar-refractivity contribution < 1.29 is 63.3 Å². The van der Waals surface area contributed by atoms with Gasteiger partial charge in [0.05, 0.1) is 7.11 Å². The summed E-state index contributed by atoms with van der Waals surface area (Å²) in [5.41, 5.74) is -2.54. The first-order valence-corrected chi connectivity index (χ1v) is 11.3. The summed E-state index contributed by atoms with van der Waals surface area (Å²) in [5.74, 6) is -2.84. The van der Waals surface area contributed by atoms with Crippen LogP contribution >= 0.6 is 11.3 Å². The maximum Gasteiger partial charge on any atom is 0.433 e. The van der Waals surface area contributed by atoms with Crippen molar-refractivity contribution >= 4 is 11.3 Å². The van der Waals surface area contributed by atoms with E-state index < -0.39 is 53.6 Å². The number of allylic oxidation sites excluding steroid dienone is 3. The minimum atomic E-state index is -6.19. The normalized spacial score (nSPS) is 14.4. The van der Waals surface area contributed by atoms with Crippen molar-refractivity contribution in [1.29, 1.82) is 0 Å². The molecule has 0 radical (unpaired) electrons. The maximum absolute atomic E-state index is 13.4. The molecule has 0 fully saturated rings. The number of hydroxylamine groups is 1. The van der Waals surface area contributed by atoms with Crippen molar-refractivity contribution in [3.05, 3.63) is 63.8 Å². The molecule has 2 aromatic rings. The smallest absolute Gasteiger partial charge is 0.431 e. The van der Waals surface area contributed by atoms with E-state index in [2.05, 4.69) is 24.8 Å². The molecule has 0 bridgehead atoms. The molecule has 1 atom stereocenters. The Hall–Kier alpha value is -3.05. The van der Waals surface area contributed by atoms with Crippen LogP contribution in [-0.2, 0) is 10.4 Å². The average molecular weight is 598 g/mol. The van der Waals surface area contributed by atoms with Gasteiger partial charge in [0.25, 0.3) is 0 Å². The zero-order chi connectivity index (χ0) is 29.6. The number of ether oxygens (including phenoxy) is 2. The molecular formula is C22H20F10N2O4S. The van der Waals surface area contributed by atoms with Crippen LogP contribution < -0.4 is 15.0 Å². The van der Waals surface area contributed by atoms with Gasteiger partial charge in [0, 0.05) is 23.2 Å². The van der Waals surface area contributed by atoms with Crippen molar-refractivity contribution in [1.82, 2.24) is 10.5 Å². The van der Waals surface area contributed by atoms with Gasteiger partial charge >= 0.3 is 31.2 Å². The molecule has 0 aliphatic carbocycles. The van der Waals surface area contributed by atoms with Gasteiger partial charge in [-0.3, -0.25) is 10.3 Å². The fourth-order valence-corrected chi connectivity index (χ4v) is 4.43. The second-order valence-corrected chi connectivity index (χ2v) is 8.57. The molecule has 17 heteroatoms. The summed E-state index contributed by atoms with van der Waals surface area (Å²) < 4.78 is 140. The first-order valence-electron chi connectivity index (χ1n) is 10.5. The molecule has 39 heavy (non-hydrogen) atoms. The highest BCUT2D eigenvalue weighted by molar-refractivity contribution is 7.11. The molecule has 0 saturated heterocycles. The molecule has 0 spiro atoms. The second-order valence-electron chi connectivity index (χ2n) is 7.51. The summed E-state index contributed by atoms with van der Waals surface area (Å²) in [7, 11) is 1.29. The van der Waals surface area contributed by atoms with E-state index in [1.807, 2.05) is 0 Å². The molecule has 1 aromatic carbocycles. The highest BCUT2D eigenvalue weighted by Gasteiger charge is 2.73. The Kier molecular flexibility index (Phi) is 10.6. The lowest BCUT2D eigenvalue weighted by molar-refractivity contribution is -0.376. The number of hydrogen-bond acceptors (Lipinski definition) is 7. The van der Waals surface area contributed by atoms with Crippen LogP contribution in [0.15, 0.2) is 48.3 Å². The van der Waals surface area contributed by atoms with E-state index >= 15 is 0 Å². The molecule has 0 aliphatic heterocycles. The highest BCUT2D eigenvalue weighted by atomic mass is 32.1. The minimum absolute atomic E-state index is 0.0440. The average Bonchev–Trinajstić information content (AvgIpc) is 3.30. The van der Waals surface area contributed by atoms with E-state index in [0.29, 0.717) is 11.8 Å². The van der Waals surface area contributed by atoms with E-state index in [-0.39, 0.29) is 28.2 Å². The predicted molar refractivity (Wildman–Crippen MR) is 117 cm³/mol. The molecule has 6 nitrogen and oxygen atoms in total. The number of halogens is 10. The Bertz CT molecular complexity index is 1130. The van der Waals surface area contributed by atoms with Crippen LogP contribution in [0, 0.1) is 0 Å². The van der Waals surface area contributed by atoms with Crippen molar-refractivity contribution in [2.24, 2.45) is 0 Å². The quantitative estimate of drug-likeness (QED) is 0.159. The van der Waals surface area contributed by atoms with Gasteiger partial charge in [-0.15, -0.1) is 11.3 Å². The Morgan fingerprint density at radius 1 is 1.03 bits per heavy atom. The van der Waals surface area contributed by atoms with E-state index in [1.165, 1.54) is 25.5 Å². The van der Waals surface area contributed by atoms with E-state index in [9.17, 15) is 49.0 Å². The molecule has 1 heterocycles. The zero-order valence-corrected chi connectivity index (χ0v) is 20.6. The summed E-state index contributed by atoms with van der Waals surface area (Å²) in [5, 5.41) is 7.99. The van der Waals surface area contributed by atoms with Crippen LogP contribution in [-0.4, -0.2) is 42.8 Å². The molecule has 2 N–H and O–H groups in total. The molecular weight excluding hydrogens is 578 g/mol. The molecule has 2 rings (SSSR count). The number of alkyl halides is 10. The first kappa shape index (κ1) is 32.2. The number of rotatable bonds is 12. The fourth-order valence-electron chi connectivity index (χ4n) is 3.25. The van der Waals surface area contributed by atoms with Gasteiger partial charge in [0.2, 0.25) is 0 Å². The monoisotopic (exact) mass is 598 g/mol. The van der Waals surface area contributed by atoms with Crippen LogP contribution in [0.2, 0.25) is 0 Å². The SMILES string of the molecule is C/C=C(\C=C/NOC)CC(c1ccc(OC(F)F)c(OC(F)F)c1)c1cnc(C(O)(C(F)(F)F)C(F)(F)F)s1. The first-order chi connectivity index (χ1) is 18.0. The number of hydrogen-bond donors (Lipinski definition) is 2. The second kappa shape index (κ2) is 12.9. The van der Waals surface area contributed by atoms with Gasteiger partial charge in [-0.2, -0.15) is 43.9 Å². The van der Waals surface area contributed by atoms with Crippen molar-refractivity contribution in [2.75, 3.05) is 7.11 Å². The number of aromatic nitrogens is 1. The lowest BCUT2D eigenvalue weighted by Crippen LogP contribution is -2.53. The van der Waals surface area contributed by atoms with E-state index in [4.69, 9.17) is 0 Å². The lowest BCUT2D eigenvalue weighted by atomic mass is 9.90. The van der Waals surface area contributed by atoms with Gasteiger partial charge < -0.3 is 14.6 Å². The maximum atomic E-state index is 13.4. The summed E-state index contributed by atoms with van der Waals surface area (Å²) in [4.78, 5) is 7.57. The summed E-state index contributed by atoms with van der Waals surface area (Å²) in [6.45, 7) is -5.36. The predicted octanol–water partition coefficient (Wildman–Crippen LogP) is 6.79. The topological polar surface area (TPSA) is 72.8 Å². The van der Waals surface area contributed by atoms with Crippen LogP contribution in [0.1, 0.15) is 34.7 Å². The van der Waals surface area contributed by atoms with Gasteiger partial charge in [-0.25, -0.2) is 4.98 Å². The number of nitrogens with zero attached hydrogens (tertiary/aromatic N) is 1. The Labute approximate surface area is 218 Å². The van der Waals surface area contributed by atoms with Crippen LogP contribution in [0.25, 0.3) is 0 Å². The van der Waals surface area contributed by atoms with Crippen LogP contribution in [0.4, 0.5) is 43.9 Å². The van der Waals surface area contributed by atoms with Gasteiger partial charge in [0.1, 0.15) is 5.01 Å². The Morgan fingerprint density at radius 2 is 1.62 bits per heavy atom. The van der Waals surface area contributed by atoms with E-state index in [1.54, 1.807) is 6.92 Å². The number of thiazole rings is 1. The number of nitrogens with one attached hydrogen (secondary N) is 1. The minimum Gasteiger partial charge on any atom is -0.431 e. The Balaban J connectivity index is 2.69. The largest absolute Gasteiger partial charge is 0.433 e. The molecule has 1 unspecified atom stereocenters. The standard InChI is InChI=1S/C22H20F10N2O4S/c1-3-11(6-7-34-36-2)8-13(12-4-5-14(37-18(23)24)15(9-12)38-19(25)26)16-10-33-17(39-16)20(35,21(27,28)29)22(30,31)32/h3-7,9-10,13,18-19,34-35H,8H2,1-2H3/b7-6-,11-3+. The van der Waals surface area contributed by atoms with Crippen molar-refractivity contribution in [2.45, 2.75) is 50.4 Å². The number of aliphatic hydroxyl groups is 1. The third-order valence-corrected chi connectivity index (χ3v) is 6.31. The van der Waals surface area contributed by atoms with Crippen molar-refractivity contribution in [3.63, 3.8) is 0 Å². The molecule has 0 aliphatic rings. The van der Waals surface area contributed by atoms with Crippen molar-refractivity contribution in [3.8, 4) is 11.5 Å². The summed E-state index contributed by atoms with van der Waals surface area (Å²) >= 11 is -0.121. The van der Waals surface area contributed by atoms with Crippen LogP contribution in [0.3, 0.4) is 0 Å². The Morgan fingerprint density at radius 3 is 2.13 bits per heavy atom. The third kappa shape index (κ3) is 7.76. The molecule has 0 saturated carbocycles. The van der Waals surface area contributed by atoms with Crippen LogP contribution in [0.5, 0.6) is 11.5 Å². The van der Waals surface area contributed by atoms with Gasteiger partial charge in [-0.05, 0) is 42.7 Å². The summed E-state index contributed by atoms with van der Waals surface area (Å²) in [6, 6.07) is 2.75. The molecule has 1 aromatic heterocycles. The third-order valence-electron chi connectivity index (χ3n) is 5.09. The molecule has 0 amide bonds. The zero-order valence-electron chi connectivity index (χ0n) is 19.8. The fraction of sp³-hybridized carbons (Fsp3) is 0.409. The van der Waals surface area contributed by atoms with Gasteiger partial charge in [-0.1, -0.05) is 12.1 Å². The highest BCUT2D eigenvalue weighted by Crippen LogP contribution is 2.52. The lowest BCUT2D eigenvalue weighted by Gasteiger charge is -2.30. The number of benzene rings is 1. The van der Waals surface area contributed by atoms with Gasteiger partial charge in [0.15, 0.2) is 11.5 Å². The van der Waals surface area contributed by atoms with E-state index in [0.717, 1.165) is 18.2 Å². The summed E-state index contributed by atoms with van der Waals surface area (Å²) in [6.07, 6.45) is -7.62. The molecule has 218 valence electrons.